The molecule has 0 aliphatic rings. The smallest absolute Gasteiger partial charge is 0.307 e. The molecular weight excluding hydrogens is 270 g/mol. The lowest BCUT2D eigenvalue weighted by atomic mass is 10.1. The average molecular weight is 286 g/mol. The molecule has 0 heterocycles. The summed E-state index contributed by atoms with van der Waals surface area (Å²) in [7, 11) is 1.40. The summed E-state index contributed by atoms with van der Waals surface area (Å²) < 4.78 is 5.60. The van der Waals surface area contributed by atoms with Crippen molar-refractivity contribution in [2.75, 3.05) is 19.0 Å². The molecule has 1 N–H and O–H groups in total. The number of ether oxygens (including phenoxy) is 1. The van der Waals surface area contributed by atoms with Gasteiger partial charge in [0.15, 0.2) is 0 Å². The van der Waals surface area contributed by atoms with Crippen molar-refractivity contribution in [3.05, 3.63) is 27.7 Å². The summed E-state index contributed by atoms with van der Waals surface area (Å²) in [4.78, 5) is 11.0. The molecule has 16 heavy (non-hydrogen) atoms. The van der Waals surface area contributed by atoms with Gasteiger partial charge in [-0.05, 0) is 47.0 Å². The highest BCUT2D eigenvalue weighted by atomic mass is 79.9. The first-order valence-corrected chi connectivity index (χ1v) is 5.91. The van der Waals surface area contributed by atoms with Crippen LogP contribution in [0.15, 0.2) is 16.6 Å². The Morgan fingerprint density at radius 2 is 2.12 bits per heavy atom. The number of carbonyl (C=O) groups excluding carboxylic acids is 1. The summed E-state index contributed by atoms with van der Waals surface area (Å²) in [5, 5.41) is 3.23. The van der Waals surface area contributed by atoms with Crippen LogP contribution in [0.1, 0.15) is 17.5 Å². The molecule has 1 aromatic carbocycles. The van der Waals surface area contributed by atoms with Crippen LogP contribution in [0.2, 0.25) is 0 Å². The third kappa shape index (κ3) is 3.52. The Morgan fingerprint density at radius 1 is 1.44 bits per heavy atom. The second-order valence-corrected chi connectivity index (χ2v) is 4.55. The summed E-state index contributed by atoms with van der Waals surface area (Å²) in [6.45, 7) is 4.67. The van der Waals surface area contributed by atoms with Crippen LogP contribution in [0, 0.1) is 13.8 Å². The van der Waals surface area contributed by atoms with Gasteiger partial charge in [0, 0.05) is 11.0 Å². The van der Waals surface area contributed by atoms with Gasteiger partial charge in [-0.1, -0.05) is 6.07 Å². The number of benzene rings is 1. The largest absolute Gasteiger partial charge is 0.469 e. The molecule has 0 amide bonds. The highest BCUT2D eigenvalue weighted by Gasteiger charge is 2.05. The lowest BCUT2D eigenvalue weighted by Gasteiger charge is -2.12. The summed E-state index contributed by atoms with van der Waals surface area (Å²) in [5.74, 6) is -0.201. The zero-order valence-electron chi connectivity index (χ0n) is 9.76. The summed E-state index contributed by atoms with van der Waals surface area (Å²) in [5.41, 5.74) is 3.41. The monoisotopic (exact) mass is 285 g/mol. The van der Waals surface area contributed by atoms with E-state index in [9.17, 15) is 4.79 Å². The van der Waals surface area contributed by atoms with E-state index in [-0.39, 0.29) is 5.97 Å². The van der Waals surface area contributed by atoms with Crippen LogP contribution in [0.5, 0.6) is 0 Å². The van der Waals surface area contributed by atoms with Crippen molar-refractivity contribution in [1.29, 1.82) is 0 Å². The first-order chi connectivity index (χ1) is 7.54. The lowest BCUT2D eigenvalue weighted by Crippen LogP contribution is -2.10. The number of hydrogen-bond acceptors (Lipinski definition) is 3. The zero-order chi connectivity index (χ0) is 12.1. The molecule has 0 saturated carbocycles. The third-order valence-electron chi connectivity index (χ3n) is 2.29. The number of rotatable bonds is 4. The minimum atomic E-state index is -0.201. The molecule has 0 spiro atoms. The van der Waals surface area contributed by atoms with Crippen molar-refractivity contribution in [1.82, 2.24) is 0 Å². The molecule has 0 aliphatic heterocycles. The van der Waals surface area contributed by atoms with Crippen molar-refractivity contribution >= 4 is 27.6 Å². The summed E-state index contributed by atoms with van der Waals surface area (Å²) >= 11 is 3.50. The van der Waals surface area contributed by atoms with Gasteiger partial charge in [0.2, 0.25) is 0 Å². The SMILES string of the molecule is COC(=O)CCNc1c(C)cc(C)cc1Br. The molecule has 0 unspecified atom stereocenters. The quantitative estimate of drug-likeness (QED) is 0.865. The van der Waals surface area contributed by atoms with E-state index in [1.54, 1.807) is 0 Å². The van der Waals surface area contributed by atoms with E-state index < -0.39 is 0 Å². The van der Waals surface area contributed by atoms with Gasteiger partial charge < -0.3 is 10.1 Å². The van der Waals surface area contributed by atoms with Crippen molar-refractivity contribution < 1.29 is 9.53 Å². The van der Waals surface area contributed by atoms with E-state index in [1.807, 2.05) is 13.0 Å². The van der Waals surface area contributed by atoms with E-state index in [2.05, 4.69) is 39.0 Å². The number of halogens is 1. The van der Waals surface area contributed by atoms with Gasteiger partial charge in [-0.2, -0.15) is 0 Å². The molecule has 0 aliphatic carbocycles. The van der Waals surface area contributed by atoms with Crippen LogP contribution in [-0.4, -0.2) is 19.6 Å². The van der Waals surface area contributed by atoms with Gasteiger partial charge >= 0.3 is 5.97 Å². The Bertz CT molecular complexity index is 368. The van der Waals surface area contributed by atoms with Gasteiger partial charge in [-0.3, -0.25) is 4.79 Å². The van der Waals surface area contributed by atoms with Crippen LogP contribution < -0.4 is 5.32 Å². The maximum Gasteiger partial charge on any atom is 0.307 e. The van der Waals surface area contributed by atoms with E-state index in [4.69, 9.17) is 0 Å². The van der Waals surface area contributed by atoms with Crippen molar-refractivity contribution in [3.8, 4) is 0 Å². The average Bonchev–Trinajstić information content (AvgIpc) is 2.21. The van der Waals surface area contributed by atoms with Gasteiger partial charge in [0.25, 0.3) is 0 Å². The Hall–Kier alpha value is -1.03. The molecule has 0 saturated heterocycles. The number of nitrogens with one attached hydrogen (secondary N) is 1. The van der Waals surface area contributed by atoms with Gasteiger partial charge in [-0.15, -0.1) is 0 Å². The fraction of sp³-hybridized carbons (Fsp3) is 0.417. The Kier molecular flexibility index (Phi) is 4.80. The molecule has 0 fully saturated rings. The predicted octanol–water partition coefficient (Wildman–Crippen LogP) is 3.04. The van der Waals surface area contributed by atoms with Crippen molar-refractivity contribution in [2.24, 2.45) is 0 Å². The Labute approximate surface area is 104 Å². The van der Waals surface area contributed by atoms with Crippen LogP contribution >= 0.6 is 15.9 Å². The fourth-order valence-corrected chi connectivity index (χ4v) is 2.35. The summed E-state index contributed by atoms with van der Waals surface area (Å²) in [6.07, 6.45) is 0.371. The number of methoxy groups -OCH3 is 1. The first-order valence-electron chi connectivity index (χ1n) is 5.12. The zero-order valence-corrected chi connectivity index (χ0v) is 11.3. The third-order valence-corrected chi connectivity index (χ3v) is 2.92. The molecule has 0 atom stereocenters. The van der Waals surface area contributed by atoms with Crippen LogP contribution in [0.3, 0.4) is 0 Å². The van der Waals surface area contributed by atoms with Gasteiger partial charge in [0.05, 0.1) is 19.2 Å². The molecule has 0 radical (unpaired) electrons. The summed E-state index contributed by atoms with van der Waals surface area (Å²) in [6, 6.07) is 4.15. The van der Waals surface area contributed by atoms with E-state index in [0.29, 0.717) is 13.0 Å². The van der Waals surface area contributed by atoms with Crippen LogP contribution in [0.25, 0.3) is 0 Å². The van der Waals surface area contributed by atoms with Crippen LogP contribution in [0.4, 0.5) is 5.69 Å². The minimum absolute atomic E-state index is 0.201. The molecule has 0 bridgehead atoms. The van der Waals surface area contributed by atoms with Crippen LogP contribution in [-0.2, 0) is 9.53 Å². The molecular formula is C12H16BrNO2. The molecule has 1 rings (SSSR count). The highest BCUT2D eigenvalue weighted by Crippen LogP contribution is 2.27. The Morgan fingerprint density at radius 3 is 2.69 bits per heavy atom. The molecule has 0 aromatic heterocycles. The molecule has 88 valence electrons. The number of anilines is 1. The van der Waals surface area contributed by atoms with Gasteiger partial charge in [0.1, 0.15) is 0 Å². The maximum absolute atomic E-state index is 11.0. The number of hydrogen-bond donors (Lipinski definition) is 1. The number of esters is 1. The number of carbonyl (C=O) groups is 1. The minimum Gasteiger partial charge on any atom is -0.469 e. The first kappa shape index (κ1) is 13.0. The standard InChI is InChI=1S/C12H16BrNO2/c1-8-6-9(2)12(10(13)7-8)14-5-4-11(15)16-3/h6-7,14H,4-5H2,1-3H3. The molecule has 4 heteroatoms. The van der Waals surface area contributed by atoms with Crippen molar-refractivity contribution in [2.45, 2.75) is 20.3 Å². The van der Waals surface area contributed by atoms with Crippen molar-refractivity contribution in [3.63, 3.8) is 0 Å². The van der Waals surface area contributed by atoms with E-state index in [0.717, 1.165) is 15.7 Å². The van der Waals surface area contributed by atoms with E-state index >= 15 is 0 Å². The lowest BCUT2D eigenvalue weighted by molar-refractivity contribution is -0.140. The molecule has 3 nitrogen and oxygen atoms in total. The normalized spacial score (nSPS) is 10.0. The predicted molar refractivity (Wildman–Crippen MR) is 68.7 cm³/mol. The second-order valence-electron chi connectivity index (χ2n) is 3.69. The number of aryl methyl sites for hydroxylation is 2. The maximum atomic E-state index is 11.0. The second kappa shape index (κ2) is 5.89. The topological polar surface area (TPSA) is 38.3 Å². The van der Waals surface area contributed by atoms with Gasteiger partial charge in [-0.25, -0.2) is 0 Å². The fourth-order valence-electron chi connectivity index (χ4n) is 1.53. The highest BCUT2D eigenvalue weighted by molar-refractivity contribution is 9.10. The molecule has 1 aromatic rings. The van der Waals surface area contributed by atoms with E-state index in [1.165, 1.54) is 12.7 Å². The Balaban J connectivity index is 2.64.